The number of hydrogen-bond donors (Lipinski definition) is 0. The summed E-state index contributed by atoms with van der Waals surface area (Å²) in [6.45, 7) is 4.11. The van der Waals surface area contributed by atoms with E-state index in [1.807, 2.05) is 13.8 Å². The average molecular weight is 775 g/mol. The minimum absolute atomic E-state index is 0.0476. The van der Waals surface area contributed by atoms with Gasteiger partial charge in [-0.25, -0.2) is 0 Å². The first-order chi connectivity index (χ1) is 23.5. The highest BCUT2D eigenvalue weighted by molar-refractivity contribution is 6.56. The third-order valence-corrected chi connectivity index (χ3v) is 10.4. The standard InChI is InChI=1S/C34H20Cl4N4O4.CH2Cl2/c1-3-5-7-41-31(43)13-9-17(35)23-25-19(13)21(33(41)45)15(11-39)29(37)27(25)24-18(36)10-14-20-22(16(12-40)30(38)28(23)26(20)24)34(46)42(32(14)44)8-6-4-2;2-1-3/h9-10H,3-8H2,1-2H3;1H2. The number of amides is 4. The Labute approximate surface area is 309 Å². The van der Waals surface area contributed by atoms with Crippen LogP contribution in [0.5, 0.6) is 0 Å². The molecule has 14 heteroatoms. The van der Waals surface area contributed by atoms with Crippen molar-refractivity contribution in [3.05, 3.63) is 65.6 Å². The second kappa shape index (κ2) is 13.3. The molecule has 0 radical (unpaired) electrons. The van der Waals surface area contributed by atoms with Crippen LogP contribution in [0.25, 0.3) is 43.1 Å². The molecular weight excluding hydrogens is 753 g/mol. The van der Waals surface area contributed by atoms with Crippen molar-refractivity contribution in [3.63, 3.8) is 0 Å². The number of alkyl halides is 2. The van der Waals surface area contributed by atoms with Gasteiger partial charge in [-0.15, -0.1) is 23.2 Å². The van der Waals surface area contributed by atoms with Gasteiger partial charge in [-0.2, -0.15) is 10.5 Å². The molecule has 49 heavy (non-hydrogen) atoms. The van der Waals surface area contributed by atoms with Gasteiger partial charge < -0.3 is 0 Å². The fraction of sp³-hybridized carbons (Fsp3) is 0.257. The normalized spacial score (nSPS) is 13.9. The van der Waals surface area contributed by atoms with E-state index in [0.29, 0.717) is 25.7 Å². The molecule has 2 aliphatic rings. The molecule has 0 aliphatic carbocycles. The van der Waals surface area contributed by atoms with Crippen LogP contribution in [0.2, 0.25) is 20.1 Å². The van der Waals surface area contributed by atoms with Gasteiger partial charge in [-0.1, -0.05) is 73.1 Å². The van der Waals surface area contributed by atoms with Crippen LogP contribution >= 0.6 is 69.6 Å². The number of halogens is 6. The number of rotatable bonds is 6. The fourth-order valence-electron chi connectivity index (χ4n) is 6.98. The molecule has 0 aromatic heterocycles. The molecule has 0 fully saturated rings. The molecule has 0 spiro atoms. The van der Waals surface area contributed by atoms with Gasteiger partial charge in [-0.05, 0) is 25.0 Å². The first-order valence-corrected chi connectivity index (χ1v) is 17.7. The molecule has 248 valence electrons. The first kappa shape index (κ1) is 35.2. The largest absolute Gasteiger partial charge is 0.274 e. The highest BCUT2D eigenvalue weighted by Gasteiger charge is 2.42. The van der Waals surface area contributed by atoms with E-state index in [0.717, 1.165) is 9.80 Å². The molecule has 0 saturated heterocycles. The van der Waals surface area contributed by atoms with Gasteiger partial charge in [0.1, 0.15) is 12.1 Å². The molecule has 5 aromatic carbocycles. The van der Waals surface area contributed by atoms with Crippen molar-refractivity contribution in [1.29, 1.82) is 10.5 Å². The maximum absolute atomic E-state index is 13.9. The molecule has 2 aliphatic heterocycles. The van der Waals surface area contributed by atoms with Crippen LogP contribution in [0.4, 0.5) is 0 Å². The Morgan fingerprint density at radius 1 is 0.571 bits per heavy atom. The quantitative estimate of drug-likeness (QED) is 0.0733. The van der Waals surface area contributed by atoms with Gasteiger partial charge in [-0.3, -0.25) is 29.0 Å². The van der Waals surface area contributed by atoms with Gasteiger partial charge in [0.2, 0.25) is 0 Å². The summed E-state index contributed by atoms with van der Waals surface area (Å²) in [7, 11) is 0. The first-order valence-electron chi connectivity index (χ1n) is 15.1. The predicted molar refractivity (Wildman–Crippen MR) is 194 cm³/mol. The number of carbonyl (C=O) groups is 4. The van der Waals surface area contributed by atoms with Gasteiger partial charge in [0, 0.05) is 66.2 Å². The average Bonchev–Trinajstić information content (AvgIpc) is 3.07. The van der Waals surface area contributed by atoms with Crippen molar-refractivity contribution >= 4 is 136 Å². The number of benzene rings is 5. The SMILES string of the molecule is CCCCN1C(=O)c2cc(Cl)c3c4c(Cl)c(C#N)c5c6c(cc(Cl)c(c7c(Cl)c(C#N)c(c2c37)C1=O)c64)C(=O)N(CCCC)C5=O.ClCCl. The molecule has 8 nitrogen and oxygen atoms in total. The van der Waals surface area contributed by atoms with Gasteiger partial charge in [0.25, 0.3) is 23.6 Å². The van der Waals surface area contributed by atoms with Crippen LogP contribution in [0.1, 0.15) is 92.1 Å². The fourth-order valence-corrected chi connectivity index (χ4v) is 8.22. The van der Waals surface area contributed by atoms with Crippen LogP contribution in [0.3, 0.4) is 0 Å². The molecule has 0 bridgehead atoms. The number of hydrogen-bond acceptors (Lipinski definition) is 6. The molecule has 0 N–H and O–H groups in total. The third kappa shape index (κ3) is 4.84. The molecule has 5 aromatic rings. The Morgan fingerprint density at radius 3 is 1.22 bits per heavy atom. The highest BCUT2D eigenvalue weighted by Crippen LogP contribution is 2.55. The van der Waals surface area contributed by atoms with Gasteiger partial charge in [0.05, 0.1) is 48.8 Å². The summed E-state index contributed by atoms with van der Waals surface area (Å²) >= 11 is 37.6. The number of fused-ring (bicyclic) bond motifs is 2. The van der Waals surface area contributed by atoms with E-state index >= 15 is 0 Å². The van der Waals surface area contributed by atoms with Crippen molar-refractivity contribution in [2.45, 2.75) is 39.5 Å². The lowest BCUT2D eigenvalue weighted by Gasteiger charge is -2.32. The zero-order valence-electron chi connectivity index (χ0n) is 25.8. The van der Waals surface area contributed by atoms with Crippen LogP contribution < -0.4 is 0 Å². The lowest BCUT2D eigenvalue weighted by Crippen LogP contribution is -2.41. The third-order valence-electron chi connectivity index (χ3n) is 9.00. The maximum Gasteiger partial charge on any atom is 0.262 e. The smallest absolute Gasteiger partial charge is 0.262 e. The summed E-state index contributed by atoms with van der Waals surface area (Å²) in [5.41, 5.74) is -0.203. The van der Waals surface area contributed by atoms with Gasteiger partial charge in [0.15, 0.2) is 0 Å². The molecular formula is C35H22Cl6N4O4. The van der Waals surface area contributed by atoms with E-state index in [2.05, 4.69) is 12.1 Å². The minimum Gasteiger partial charge on any atom is -0.274 e. The zero-order chi connectivity index (χ0) is 35.6. The Morgan fingerprint density at radius 2 is 0.918 bits per heavy atom. The van der Waals surface area contributed by atoms with Crippen LogP contribution in [-0.2, 0) is 0 Å². The molecule has 2 heterocycles. The second-order valence-corrected chi connectivity index (χ2v) is 13.9. The Balaban J connectivity index is 0.00000134. The number of carbonyl (C=O) groups excluding carboxylic acids is 4. The molecule has 7 rings (SSSR count). The number of unbranched alkanes of at least 4 members (excludes halogenated alkanes) is 2. The highest BCUT2D eigenvalue weighted by atomic mass is 35.5. The van der Waals surface area contributed by atoms with E-state index in [-0.39, 0.29) is 115 Å². The Bertz CT molecular complexity index is 2260. The minimum atomic E-state index is -0.668. The Kier molecular flexibility index (Phi) is 9.54. The van der Waals surface area contributed by atoms with Crippen molar-refractivity contribution < 1.29 is 19.2 Å². The van der Waals surface area contributed by atoms with Crippen molar-refractivity contribution in [3.8, 4) is 12.1 Å². The van der Waals surface area contributed by atoms with E-state index in [4.69, 9.17) is 69.6 Å². The van der Waals surface area contributed by atoms with Crippen molar-refractivity contribution in [1.82, 2.24) is 9.80 Å². The van der Waals surface area contributed by atoms with Crippen LogP contribution in [0.15, 0.2) is 12.1 Å². The van der Waals surface area contributed by atoms with E-state index in [9.17, 15) is 29.7 Å². The molecule has 0 saturated carbocycles. The lowest BCUT2D eigenvalue weighted by molar-refractivity contribution is 0.0593. The van der Waals surface area contributed by atoms with Crippen LogP contribution in [0, 0.1) is 22.7 Å². The van der Waals surface area contributed by atoms with E-state index in [1.54, 1.807) is 0 Å². The molecule has 0 unspecified atom stereocenters. The Hall–Kier alpha value is -3.60. The van der Waals surface area contributed by atoms with E-state index < -0.39 is 23.6 Å². The molecule has 0 atom stereocenters. The van der Waals surface area contributed by atoms with Gasteiger partial charge >= 0.3 is 0 Å². The van der Waals surface area contributed by atoms with Crippen molar-refractivity contribution in [2.75, 3.05) is 18.4 Å². The lowest BCUT2D eigenvalue weighted by atomic mass is 9.79. The monoisotopic (exact) mass is 772 g/mol. The summed E-state index contributed by atoms with van der Waals surface area (Å²) in [4.78, 5) is 57.7. The van der Waals surface area contributed by atoms with Crippen LogP contribution in [-0.4, -0.2) is 51.9 Å². The summed E-state index contributed by atoms with van der Waals surface area (Å²) < 4.78 is 0. The zero-order valence-corrected chi connectivity index (χ0v) is 30.3. The topological polar surface area (TPSA) is 122 Å². The van der Waals surface area contributed by atoms with E-state index in [1.165, 1.54) is 12.1 Å². The number of nitrogens with zero attached hydrogens (tertiary/aromatic N) is 4. The second-order valence-electron chi connectivity index (χ2n) is 11.5. The van der Waals surface area contributed by atoms with Crippen molar-refractivity contribution in [2.24, 2.45) is 0 Å². The summed E-state index contributed by atoms with van der Waals surface area (Å²) in [5, 5.41) is 22.6. The predicted octanol–water partition coefficient (Wildman–Crippen LogP) is 10.3. The molecule has 4 amide bonds. The summed E-state index contributed by atoms with van der Waals surface area (Å²) in [5.74, 6) is -2.49. The maximum atomic E-state index is 13.9. The number of nitriles is 2. The summed E-state index contributed by atoms with van der Waals surface area (Å²) in [6, 6.07) is 6.96. The summed E-state index contributed by atoms with van der Waals surface area (Å²) in [6.07, 6.45) is 2.53. The number of imide groups is 2.